The van der Waals surface area contributed by atoms with Crippen LogP contribution in [-0.4, -0.2) is 22.3 Å². The predicted octanol–water partition coefficient (Wildman–Crippen LogP) is 3.29. The summed E-state index contributed by atoms with van der Waals surface area (Å²) in [5.41, 5.74) is 0. The van der Waals surface area contributed by atoms with Crippen LogP contribution >= 0.6 is 0 Å². The summed E-state index contributed by atoms with van der Waals surface area (Å²) in [6.07, 6.45) is 13.8. The van der Waals surface area contributed by atoms with Gasteiger partial charge in [-0.25, -0.2) is 0 Å². The highest BCUT2D eigenvalue weighted by molar-refractivity contribution is 5.66. The minimum absolute atomic E-state index is 0.296. The Hall–Kier alpha value is -1.09. The fraction of sp³-hybridized carbons (Fsp3) is 0.643. The maximum absolute atomic E-state index is 10.2. The highest BCUT2D eigenvalue weighted by Gasteiger charge is 1.95. The number of carboxylic acids is 1. The van der Waals surface area contributed by atoms with Crippen LogP contribution < -0.4 is 0 Å². The van der Waals surface area contributed by atoms with Crippen molar-refractivity contribution < 1.29 is 15.0 Å². The van der Waals surface area contributed by atoms with E-state index in [1.807, 2.05) is 12.2 Å². The summed E-state index contributed by atoms with van der Waals surface area (Å²) < 4.78 is 0. The molecule has 0 aliphatic carbocycles. The van der Waals surface area contributed by atoms with E-state index in [9.17, 15) is 4.79 Å². The van der Waals surface area contributed by atoms with Crippen LogP contribution in [0.1, 0.15) is 51.9 Å². The first-order valence-electron chi connectivity index (χ1n) is 6.36. The Balaban J connectivity index is 3.21. The molecule has 0 radical (unpaired) electrons. The van der Waals surface area contributed by atoms with Crippen molar-refractivity contribution in [3.63, 3.8) is 0 Å². The van der Waals surface area contributed by atoms with Gasteiger partial charge in [0.05, 0.1) is 6.10 Å². The molecule has 0 fully saturated rings. The molecule has 0 spiro atoms. The Morgan fingerprint density at radius 1 is 1.12 bits per heavy atom. The standard InChI is InChI=1S/C14H24O3/c1-13(15)11-9-7-5-3-2-4-6-8-10-12-14(16)17/h5,7,9,11,13,15H,2-4,6,8,10,12H2,1H3,(H,16,17)/t13-/m0/s1. The molecule has 0 unspecified atom stereocenters. The molecule has 0 aliphatic heterocycles. The maximum Gasteiger partial charge on any atom is 0.303 e. The van der Waals surface area contributed by atoms with Crippen LogP contribution in [0.2, 0.25) is 0 Å². The molecule has 3 heteroatoms. The van der Waals surface area contributed by atoms with Crippen molar-refractivity contribution in [2.45, 2.75) is 58.0 Å². The molecule has 0 aromatic carbocycles. The average Bonchev–Trinajstić information content (AvgIpc) is 2.25. The van der Waals surface area contributed by atoms with Crippen molar-refractivity contribution >= 4 is 5.97 Å². The number of aliphatic carboxylic acids is 1. The zero-order valence-corrected chi connectivity index (χ0v) is 10.6. The number of aliphatic hydroxyl groups excluding tert-OH is 1. The van der Waals surface area contributed by atoms with Gasteiger partial charge < -0.3 is 10.2 Å². The fourth-order valence-electron chi connectivity index (χ4n) is 1.47. The van der Waals surface area contributed by atoms with E-state index < -0.39 is 5.97 Å². The number of hydrogen-bond donors (Lipinski definition) is 2. The van der Waals surface area contributed by atoms with Crippen LogP contribution in [-0.2, 0) is 4.79 Å². The van der Waals surface area contributed by atoms with Gasteiger partial charge >= 0.3 is 5.97 Å². The molecule has 0 saturated carbocycles. The highest BCUT2D eigenvalue weighted by Crippen LogP contribution is 2.07. The molecule has 0 aromatic rings. The molecule has 98 valence electrons. The summed E-state index contributed by atoms with van der Waals surface area (Å²) in [4.78, 5) is 10.2. The van der Waals surface area contributed by atoms with Crippen molar-refractivity contribution in [2.75, 3.05) is 0 Å². The molecule has 0 aliphatic rings. The highest BCUT2D eigenvalue weighted by atomic mass is 16.4. The summed E-state index contributed by atoms with van der Waals surface area (Å²) in [5.74, 6) is -0.696. The number of carbonyl (C=O) groups is 1. The second-order valence-electron chi connectivity index (χ2n) is 4.25. The van der Waals surface area contributed by atoms with E-state index in [-0.39, 0.29) is 6.10 Å². The van der Waals surface area contributed by atoms with Gasteiger partial charge in [-0.3, -0.25) is 4.79 Å². The molecule has 0 heterocycles. The molecule has 3 nitrogen and oxygen atoms in total. The van der Waals surface area contributed by atoms with Gasteiger partial charge in [0.1, 0.15) is 0 Å². The van der Waals surface area contributed by atoms with E-state index >= 15 is 0 Å². The summed E-state index contributed by atoms with van der Waals surface area (Å²) in [6.45, 7) is 1.72. The quantitative estimate of drug-likeness (QED) is 0.455. The number of allylic oxidation sites excluding steroid dienone is 3. The third-order valence-corrected chi connectivity index (χ3v) is 2.40. The predicted molar refractivity (Wildman–Crippen MR) is 69.9 cm³/mol. The van der Waals surface area contributed by atoms with Crippen LogP contribution in [0.25, 0.3) is 0 Å². The van der Waals surface area contributed by atoms with Crippen LogP contribution in [0.4, 0.5) is 0 Å². The van der Waals surface area contributed by atoms with Crippen LogP contribution in [0.3, 0.4) is 0 Å². The van der Waals surface area contributed by atoms with E-state index in [2.05, 4.69) is 6.08 Å². The molecule has 0 saturated heterocycles. The normalized spacial score (nSPS) is 13.5. The Bertz CT molecular complexity index is 242. The zero-order valence-electron chi connectivity index (χ0n) is 10.6. The zero-order chi connectivity index (χ0) is 12.9. The van der Waals surface area contributed by atoms with Gasteiger partial charge in [-0.1, -0.05) is 43.6 Å². The second-order valence-corrected chi connectivity index (χ2v) is 4.25. The van der Waals surface area contributed by atoms with Gasteiger partial charge in [-0.05, 0) is 26.2 Å². The number of aliphatic hydroxyl groups is 1. The van der Waals surface area contributed by atoms with Crippen molar-refractivity contribution in [3.8, 4) is 0 Å². The van der Waals surface area contributed by atoms with Gasteiger partial charge in [0.2, 0.25) is 0 Å². The van der Waals surface area contributed by atoms with Crippen LogP contribution in [0, 0.1) is 0 Å². The van der Waals surface area contributed by atoms with Crippen molar-refractivity contribution in [1.82, 2.24) is 0 Å². The first kappa shape index (κ1) is 15.9. The van der Waals surface area contributed by atoms with Gasteiger partial charge in [0.25, 0.3) is 0 Å². The van der Waals surface area contributed by atoms with Gasteiger partial charge in [0.15, 0.2) is 0 Å². The van der Waals surface area contributed by atoms with E-state index in [0.717, 1.165) is 38.5 Å². The van der Waals surface area contributed by atoms with E-state index in [1.54, 1.807) is 13.0 Å². The van der Waals surface area contributed by atoms with Crippen LogP contribution in [0.15, 0.2) is 24.3 Å². The lowest BCUT2D eigenvalue weighted by atomic mass is 10.1. The SMILES string of the molecule is C[C@H](O)C=CC=CCCCCCCCC(=O)O. The molecule has 0 aromatic heterocycles. The molecule has 0 amide bonds. The fourth-order valence-corrected chi connectivity index (χ4v) is 1.47. The van der Waals surface area contributed by atoms with Gasteiger partial charge in [0, 0.05) is 6.42 Å². The molecule has 0 bridgehead atoms. The minimum Gasteiger partial charge on any atom is -0.481 e. The molecule has 0 rings (SSSR count). The van der Waals surface area contributed by atoms with Crippen molar-refractivity contribution in [2.24, 2.45) is 0 Å². The molecular formula is C14H24O3. The third kappa shape index (κ3) is 14.9. The summed E-state index contributed by atoms with van der Waals surface area (Å²) in [6, 6.07) is 0. The maximum atomic E-state index is 10.2. The second kappa shape index (κ2) is 11.4. The van der Waals surface area contributed by atoms with E-state index in [0.29, 0.717) is 6.42 Å². The average molecular weight is 240 g/mol. The largest absolute Gasteiger partial charge is 0.481 e. The Morgan fingerprint density at radius 3 is 2.41 bits per heavy atom. The number of unbranched alkanes of at least 4 members (excludes halogenated alkanes) is 5. The number of carboxylic acid groups (broad SMARTS) is 1. The lowest BCUT2D eigenvalue weighted by Crippen LogP contribution is -1.93. The minimum atomic E-state index is -0.696. The summed E-state index contributed by atoms with van der Waals surface area (Å²) >= 11 is 0. The number of hydrogen-bond acceptors (Lipinski definition) is 2. The van der Waals surface area contributed by atoms with Gasteiger partial charge in [-0.15, -0.1) is 0 Å². The first-order valence-corrected chi connectivity index (χ1v) is 6.36. The Kier molecular flexibility index (Phi) is 10.7. The topological polar surface area (TPSA) is 57.5 Å². The lowest BCUT2D eigenvalue weighted by Gasteiger charge is -1.97. The Morgan fingerprint density at radius 2 is 1.76 bits per heavy atom. The third-order valence-electron chi connectivity index (χ3n) is 2.40. The smallest absolute Gasteiger partial charge is 0.303 e. The number of rotatable bonds is 10. The molecule has 2 N–H and O–H groups in total. The monoisotopic (exact) mass is 240 g/mol. The van der Waals surface area contributed by atoms with Crippen molar-refractivity contribution in [3.05, 3.63) is 24.3 Å². The summed E-state index contributed by atoms with van der Waals surface area (Å²) in [5, 5.41) is 17.4. The first-order chi connectivity index (χ1) is 8.13. The molecule has 17 heavy (non-hydrogen) atoms. The van der Waals surface area contributed by atoms with E-state index in [1.165, 1.54) is 0 Å². The van der Waals surface area contributed by atoms with Crippen LogP contribution in [0.5, 0.6) is 0 Å². The molecule has 1 atom stereocenters. The summed E-state index contributed by atoms with van der Waals surface area (Å²) in [7, 11) is 0. The van der Waals surface area contributed by atoms with Crippen molar-refractivity contribution in [1.29, 1.82) is 0 Å². The van der Waals surface area contributed by atoms with Gasteiger partial charge in [-0.2, -0.15) is 0 Å². The lowest BCUT2D eigenvalue weighted by molar-refractivity contribution is -0.137. The Labute approximate surface area is 104 Å². The van der Waals surface area contributed by atoms with E-state index in [4.69, 9.17) is 10.2 Å². The molecular weight excluding hydrogens is 216 g/mol.